The van der Waals surface area contributed by atoms with Gasteiger partial charge in [-0.25, -0.2) is 18.6 Å². The molecule has 7 nitrogen and oxygen atoms in total. The number of carbonyl (C=O) groups is 1. The monoisotopic (exact) mass is 508 g/mol. The van der Waals surface area contributed by atoms with E-state index in [0.717, 1.165) is 12.1 Å². The Morgan fingerprint density at radius 1 is 1.03 bits per heavy atom. The van der Waals surface area contributed by atoms with Gasteiger partial charge in [0.15, 0.2) is 0 Å². The molecule has 2 fully saturated rings. The molecule has 1 saturated heterocycles. The molecule has 3 heterocycles. The van der Waals surface area contributed by atoms with Crippen LogP contribution in [0.1, 0.15) is 24.8 Å². The summed E-state index contributed by atoms with van der Waals surface area (Å²) in [5.41, 5.74) is 1.07. The second kappa shape index (κ2) is 9.23. The van der Waals surface area contributed by atoms with E-state index in [1.165, 1.54) is 12.1 Å². The predicted molar refractivity (Wildman–Crippen MR) is 127 cm³/mol. The second-order valence-corrected chi connectivity index (χ2v) is 9.20. The molecule has 3 N–H and O–H groups in total. The molecule has 5 rings (SSSR count). The molecule has 1 unspecified atom stereocenters. The van der Waals surface area contributed by atoms with Gasteiger partial charge in [-0.1, -0.05) is 0 Å². The molecular formula is C24H25F5N6O. The third-order valence-corrected chi connectivity index (χ3v) is 6.76. The molecule has 2 amide bonds. The average molecular weight is 508 g/mol. The number of rotatable bonds is 4. The van der Waals surface area contributed by atoms with Crippen molar-refractivity contribution in [1.82, 2.24) is 14.9 Å². The number of benzene rings is 1. The maximum atomic E-state index is 13.6. The van der Waals surface area contributed by atoms with Crippen LogP contribution in [-0.4, -0.2) is 59.0 Å². The van der Waals surface area contributed by atoms with Crippen molar-refractivity contribution >= 4 is 34.3 Å². The molecule has 0 radical (unpaired) electrons. The molecule has 1 aromatic carbocycles. The van der Waals surface area contributed by atoms with E-state index in [0.29, 0.717) is 55.1 Å². The van der Waals surface area contributed by atoms with Gasteiger partial charge in [0, 0.05) is 56.9 Å². The standard InChI is InChI=1S/C24H25F5N6O/c25-23(26)8-7-17(13-23)34-9-11-35(12-10-34)20-6-5-18-21(33-20)19(14-30-18)32-22(36)31-16-3-1-15(2-4-16)24(27,28)29/h1-6,14,17,30H,7-13H2,(H2,31,32,36). The lowest BCUT2D eigenvalue weighted by molar-refractivity contribution is -0.137. The number of anilines is 3. The number of piperazine rings is 1. The van der Waals surface area contributed by atoms with Crippen LogP contribution < -0.4 is 15.5 Å². The van der Waals surface area contributed by atoms with Crippen LogP contribution in [0.25, 0.3) is 11.0 Å². The van der Waals surface area contributed by atoms with Gasteiger partial charge in [0.1, 0.15) is 11.3 Å². The maximum absolute atomic E-state index is 13.6. The molecule has 1 saturated carbocycles. The zero-order chi connectivity index (χ0) is 25.5. The van der Waals surface area contributed by atoms with Crippen molar-refractivity contribution in [1.29, 1.82) is 0 Å². The van der Waals surface area contributed by atoms with Gasteiger partial charge >= 0.3 is 12.2 Å². The molecule has 0 spiro atoms. The van der Waals surface area contributed by atoms with Gasteiger partial charge in [0.2, 0.25) is 5.92 Å². The highest BCUT2D eigenvalue weighted by Gasteiger charge is 2.42. The summed E-state index contributed by atoms with van der Waals surface area (Å²) in [5, 5.41) is 5.19. The van der Waals surface area contributed by atoms with Crippen molar-refractivity contribution in [2.75, 3.05) is 41.7 Å². The van der Waals surface area contributed by atoms with E-state index in [1.54, 1.807) is 6.20 Å². The Balaban J connectivity index is 1.22. The minimum atomic E-state index is -4.45. The molecule has 1 aliphatic heterocycles. The summed E-state index contributed by atoms with van der Waals surface area (Å²) in [4.78, 5) is 24.4. The Bertz CT molecular complexity index is 1230. The van der Waals surface area contributed by atoms with Gasteiger partial charge in [-0.3, -0.25) is 4.90 Å². The third-order valence-electron chi connectivity index (χ3n) is 6.76. The molecule has 0 bridgehead atoms. The number of halogens is 5. The highest BCUT2D eigenvalue weighted by Crippen LogP contribution is 2.38. The lowest BCUT2D eigenvalue weighted by Gasteiger charge is -2.38. The maximum Gasteiger partial charge on any atom is 0.416 e. The normalized spacial score (nSPS) is 20.6. The molecule has 2 aliphatic rings. The molecule has 1 atom stereocenters. The average Bonchev–Trinajstić information content (AvgIpc) is 3.41. The summed E-state index contributed by atoms with van der Waals surface area (Å²) in [5.74, 6) is -1.85. The molecule has 12 heteroatoms. The number of carbonyl (C=O) groups excluding carboxylic acids is 1. The molecule has 3 aromatic rings. The van der Waals surface area contributed by atoms with Crippen molar-refractivity contribution in [2.24, 2.45) is 0 Å². The van der Waals surface area contributed by atoms with Crippen molar-refractivity contribution in [3.05, 3.63) is 48.2 Å². The fourth-order valence-corrected chi connectivity index (χ4v) is 4.84. The number of nitrogens with one attached hydrogen (secondary N) is 3. The summed E-state index contributed by atoms with van der Waals surface area (Å²) in [7, 11) is 0. The SMILES string of the molecule is O=C(Nc1ccc(C(F)(F)F)cc1)Nc1c[nH]c2ccc(N3CCN(C4CCC(F)(F)C4)CC3)nc12. The first-order chi connectivity index (χ1) is 17.1. The third kappa shape index (κ3) is 5.23. The van der Waals surface area contributed by atoms with Crippen LogP contribution in [0.5, 0.6) is 0 Å². The van der Waals surface area contributed by atoms with Crippen LogP contribution in [0.15, 0.2) is 42.6 Å². The quantitative estimate of drug-likeness (QED) is 0.405. The number of hydrogen-bond acceptors (Lipinski definition) is 4. The highest BCUT2D eigenvalue weighted by atomic mass is 19.4. The van der Waals surface area contributed by atoms with E-state index >= 15 is 0 Å². The Morgan fingerprint density at radius 3 is 2.39 bits per heavy atom. The Kier molecular flexibility index (Phi) is 6.23. The van der Waals surface area contributed by atoms with Gasteiger partial charge in [-0.2, -0.15) is 13.2 Å². The summed E-state index contributed by atoms with van der Waals surface area (Å²) in [6.07, 6.45) is -2.47. The number of amides is 2. The van der Waals surface area contributed by atoms with Gasteiger partial charge in [-0.15, -0.1) is 0 Å². The molecule has 1 aliphatic carbocycles. The Morgan fingerprint density at radius 2 is 1.75 bits per heavy atom. The minimum Gasteiger partial charge on any atom is -0.358 e. The summed E-state index contributed by atoms with van der Waals surface area (Å²) < 4.78 is 65.4. The van der Waals surface area contributed by atoms with E-state index in [-0.39, 0.29) is 24.6 Å². The predicted octanol–water partition coefficient (Wildman–Crippen LogP) is 5.54. The lowest BCUT2D eigenvalue weighted by Crippen LogP contribution is -2.50. The number of urea groups is 1. The number of aromatic nitrogens is 2. The number of pyridine rings is 1. The van der Waals surface area contributed by atoms with E-state index in [1.807, 2.05) is 12.1 Å². The van der Waals surface area contributed by atoms with Crippen LogP contribution in [0.4, 0.5) is 43.9 Å². The van der Waals surface area contributed by atoms with Crippen LogP contribution in [-0.2, 0) is 6.18 Å². The van der Waals surface area contributed by atoms with Crippen molar-refractivity contribution in [3.63, 3.8) is 0 Å². The van der Waals surface area contributed by atoms with E-state index in [9.17, 15) is 26.7 Å². The number of H-pyrrole nitrogens is 1. The van der Waals surface area contributed by atoms with Crippen molar-refractivity contribution < 1.29 is 26.7 Å². The Hall–Kier alpha value is -3.41. The number of nitrogens with zero attached hydrogens (tertiary/aromatic N) is 3. The van der Waals surface area contributed by atoms with Gasteiger partial charge < -0.3 is 20.5 Å². The van der Waals surface area contributed by atoms with Crippen LogP contribution in [0.3, 0.4) is 0 Å². The van der Waals surface area contributed by atoms with Crippen LogP contribution in [0.2, 0.25) is 0 Å². The van der Waals surface area contributed by atoms with E-state index in [4.69, 9.17) is 4.98 Å². The van der Waals surface area contributed by atoms with Crippen LogP contribution in [0, 0.1) is 0 Å². The smallest absolute Gasteiger partial charge is 0.358 e. The first kappa shape index (κ1) is 24.3. The fraction of sp³-hybridized carbons (Fsp3) is 0.417. The lowest BCUT2D eigenvalue weighted by atomic mass is 10.1. The van der Waals surface area contributed by atoms with E-state index in [2.05, 4.69) is 25.4 Å². The van der Waals surface area contributed by atoms with Crippen molar-refractivity contribution in [2.45, 2.75) is 37.4 Å². The number of aromatic amines is 1. The first-order valence-corrected chi connectivity index (χ1v) is 11.7. The van der Waals surface area contributed by atoms with Crippen molar-refractivity contribution in [3.8, 4) is 0 Å². The van der Waals surface area contributed by atoms with Gasteiger partial charge in [-0.05, 0) is 42.8 Å². The molecule has 36 heavy (non-hydrogen) atoms. The largest absolute Gasteiger partial charge is 0.416 e. The molecule has 2 aromatic heterocycles. The Labute approximate surface area is 203 Å². The highest BCUT2D eigenvalue weighted by molar-refractivity contribution is 6.05. The summed E-state index contributed by atoms with van der Waals surface area (Å²) >= 11 is 0. The second-order valence-electron chi connectivity index (χ2n) is 9.20. The van der Waals surface area contributed by atoms with Gasteiger partial charge in [0.25, 0.3) is 0 Å². The summed E-state index contributed by atoms with van der Waals surface area (Å²) in [6.45, 7) is 2.66. The minimum absolute atomic E-state index is 0.0498. The van der Waals surface area contributed by atoms with Crippen LogP contribution >= 0.6 is 0 Å². The number of hydrogen-bond donors (Lipinski definition) is 3. The fourth-order valence-electron chi connectivity index (χ4n) is 4.84. The molecular weight excluding hydrogens is 483 g/mol. The zero-order valence-corrected chi connectivity index (χ0v) is 19.2. The summed E-state index contributed by atoms with van der Waals surface area (Å²) in [6, 6.07) is 7.16. The number of alkyl halides is 5. The first-order valence-electron chi connectivity index (χ1n) is 11.7. The van der Waals surface area contributed by atoms with Gasteiger partial charge in [0.05, 0.1) is 16.8 Å². The van der Waals surface area contributed by atoms with E-state index < -0.39 is 23.7 Å². The number of fused-ring (bicyclic) bond motifs is 1. The molecule has 192 valence electrons. The topological polar surface area (TPSA) is 76.3 Å². The zero-order valence-electron chi connectivity index (χ0n) is 19.2.